The molecular formula is C18H12F5NO3S. The summed E-state index contributed by atoms with van der Waals surface area (Å²) in [6.45, 7) is 1.41. The summed E-state index contributed by atoms with van der Waals surface area (Å²) < 4.78 is 95.1. The fourth-order valence-corrected chi connectivity index (χ4v) is 3.44. The van der Waals surface area contributed by atoms with E-state index in [1.54, 1.807) is 0 Å². The SMILES string of the molecule is Cc1onc(-c2ccc(C(F)(F)F)cc2)c1-c1cc(F)c(S(C)(=O)=O)cc1F. The molecule has 2 aromatic carbocycles. The topological polar surface area (TPSA) is 60.2 Å². The summed E-state index contributed by atoms with van der Waals surface area (Å²) in [6, 6.07) is 5.15. The zero-order chi connectivity index (χ0) is 20.9. The van der Waals surface area contributed by atoms with Crippen molar-refractivity contribution in [3.05, 3.63) is 59.4 Å². The van der Waals surface area contributed by atoms with E-state index >= 15 is 0 Å². The van der Waals surface area contributed by atoms with Gasteiger partial charge in [0.25, 0.3) is 0 Å². The quantitative estimate of drug-likeness (QED) is 0.562. The maximum Gasteiger partial charge on any atom is 0.416 e. The van der Waals surface area contributed by atoms with Gasteiger partial charge in [0.1, 0.15) is 28.0 Å². The first-order valence-electron chi connectivity index (χ1n) is 7.73. The van der Waals surface area contributed by atoms with Crippen LogP contribution in [0.2, 0.25) is 0 Å². The molecule has 0 aliphatic rings. The van der Waals surface area contributed by atoms with Crippen LogP contribution in [-0.4, -0.2) is 19.8 Å². The van der Waals surface area contributed by atoms with Gasteiger partial charge >= 0.3 is 6.18 Å². The molecule has 0 fully saturated rings. The second-order valence-electron chi connectivity index (χ2n) is 6.07. The molecule has 0 amide bonds. The molecule has 0 spiro atoms. The molecule has 148 valence electrons. The standard InChI is InChI=1S/C18H12F5NO3S/c1-9-16(12-7-14(20)15(8-13(12)19)28(2,25)26)17(24-27-9)10-3-5-11(6-4-10)18(21,22)23/h3-8H,1-2H3. The Bertz CT molecular complexity index is 1150. The molecule has 1 heterocycles. The molecule has 4 nitrogen and oxygen atoms in total. The normalized spacial score (nSPS) is 12.4. The van der Waals surface area contributed by atoms with Gasteiger partial charge in [-0.15, -0.1) is 0 Å². The number of aryl methyl sites for hydroxylation is 1. The molecule has 10 heteroatoms. The summed E-state index contributed by atoms with van der Waals surface area (Å²) in [5, 5.41) is 3.73. The minimum absolute atomic E-state index is 0.00312. The lowest BCUT2D eigenvalue weighted by Crippen LogP contribution is -2.04. The molecule has 0 unspecified atom stereocenters. The lowest BCUT2D eigenvalue weighted by Gasteiger charge is -2.09. The predicted octanol–water partition coefficient (Wildman–Crippen LogP) is 5.02. The van der Waals surface area contributed by atoms with E-state index in [4.69, 9.17) is 4.52 Å². The molecule has 0 N–H and O–H groups in total. The molecular weight excluding hydrogens is 405 g/mol. The van der Waals surface area contributed by atoms with Gasteiger partial charge in [0.2, 0.25) is 0 Å². The molecule has 0 saturated heterocycles. The molecule has 0 aliphatic carbocycles. The molecule has 0 radical (unpaired) electrons. The Balaban J connectivity index is 2.16. The van der Waals surface area contributed by atoms with Gasteiger partial charge in [-0.1, -0.05) is 17.3 Å². The Morgan fingerprint density at radius 3 is 2.14 bits per heavy atom. The number of aromatic nitrogens is 1. The van der Waals surface area contributed by atoms with Crippen molar-refractivity contribution < 1.29 is 34.9 Å². The van der Waals surface area contributed by atoms with Crippen molar-refractivity contribution in [1.29, 1.82) is 0 Å². The van der Waals surface area contributed by atoms with Crippen LogP contribution in [0.4, 0.5) is 22.0 Å². The predicted molar refractivity (Wildman–Crippen MR) is 90.1 cm³/mol. The van der Waals surface area contributed by atoms with Gasteiger partial charge in [-0.05, 0) is 31.2 Å². The van der Waals surface area contributed by atoms with Gasteiger partial charge < -0.3 is 4.52 Å². The van der Waals surface area contributed by atoms with Gasteiger partial charge in [0.15, 0.2) is 9.84 Å². The summed E-state index contributed by atoms with van der Waals surface area (Å²) >= 11 is 0. The van der Waals surface area contributed by atoms with E-state index in [0.717, 1.165) is 30.5 Å². The molecule has 0 bridgehead atoms. The summed E-state index contributed by atoms with van der Waals surface area (Å²) in [7, 11) is -3.99. The minimum atomic E-state index is -4.53. The van der Waals surface area contributed by atoms with E-state index in [1.165, 1.54) is 6.92 Å². The molecule has 28 heavy (non-hydrogen) atoms. The fourth-order valence-electron chi connectivity index (χ4n) is 2.71. The number of benzene rings is 2. The van der Waals surface area contributed by atoms with Gasteiger partial charge in [0.05, 0.1) is 11.1 Å². The highest BCUT2D eigenvalue weighted by Crippen LogP contribution is 2.38. The first-order chi connectivity index (χ1) is 12.9. The van der Waals surface area contributed by atoms with Crippen molar-refractivity contribution in [3.63, 3.8) is 0 Å². The Morgan fingerprint density at radius 2 is 1.61 bits per heavy atom. The average molecular weight is 417 g/mol. The lowest BCUT2D eigenvalue weighted by atomic mass is 9.98. The van der Waals surface area contributed by atoms with Gasteiger partial charge in [-0.3, -0.25) is 0 Å². The van der Waals surface area contributed by atoms with Crippen LogP contribution in [0, 0.1) is 18.6 Å². The molecule has 0 saturated carbocycles. The van der Waals surface area contributed by atoms with Crippen LogP contribution in [0.25, 0.3) is 22.4 Å². The lowest BCUT2D eigenvalue weighted by molar-refractivity contribution is -0.137. The molecule has 0 aliphatic heterocycles. The molecule has 0 atom stereocenters. The summed E-state index contributed by atoms with van der Waals surface area (Å²) in [4.78, 5) is -0.807. The second kappa shape index (κ2) is 6.69. The van der Waals surface area contributed by atoms with Crippen molar-refractivity contribution in [3.8, 4) is 22.4 Å². The maximum absolute atomic E-state index is 14.6. The number of sulfone groups is 1. The first kappa shape index (κ1) is 20.0. The van der Waals surface area contributed by atoms with Crippen molar-refractivity contribution in [2.75, 3.05) is 6.26 Å². The monoisotopic (exact) mass is 417 g/mol. The van der Waals surface area contributed by atoms with Gasteiger partial charge in [-0.2, -0.15) is 13.2 Å². The van der Waals surface area contributed by atoms with Crippen molar-refractivity contribution in [1.82, 2.24) is 5.16 Å². The maximum atomic E-state index is 14.6. The van der Waals surface area contributed by atoms with Crippen LogP contribution in [0.5, 0.6) is 0 Å². The summed E-state index contributed by atoms with van der Waals surface area (Å²) in [5.41, 5.74) is -1.01. The highest BCUT2D eigenvalue weighted by molar-refractivity contribution is 7.90. The van der Waals surface area contributed by atoms with Gasteiger partial charge in [-0.25, -0.2) is 17.2 Å². The number of alkyl halides is 3. The molecule has 3 aromatic rings. The van der Waals surface area contributed by atoms with Crippen molar-refractivity contribution in [2.45, 2.75) is 18.0 Å². The van der Waals surface area contributed by atoms with E-state index in [9.17, 15) is 30.4 Å². The van der Waals surface area contributed by atoms with Crippen LogP contribution in [-0.2, 0) is 16.0 Å². The largest absolute Gasteiger partial charge is 0.416 e. The zero-order valence-corrected chi connectivity index (χ0v) is 15.3. The van der Waals surface area contributed by atoms with Gasteiger partial charge in [0, 0.05) is 17.4 Å². The average Bonchev–Trinajstić information content (AvgIpc) is 2.96. The zero-order valence-electron chi connectivity index (χ0n) is 14.4. The number of nitrogens with zero attached hydrogens (tertiary/aromatic N) is 1. The Morgan fingerprint density at radius 1 is 1.00 bits per heavy atom. The minimum Gasteiger partial charge on any atom is -0.360 e. The van der Waals surface area contributed by atoms with E-state index in [1.807, 2.05) is 0 Å². The van der Waals surface area contributed by atoms with Crippen LogP contribution < -0.4 is 0 Å². The Kier molecular flexibility index (Phi) is 4.78. The van der Waals surface area contributed by atoms with E-state index < -0.39 is 38.1 Å². The van der Waals surface area contributed by atoms with E-state index in [2.05, 4.69) is 5.16 Å². The highest BCUT2D eigenvalue weighted by Gasteiger charge is 2.30. The molecule has 1 aromatic heterocycles. The third-order valence-corrected chi connectivity index (χ3v) is 5.15. The van der Waals surface area contributed by atoms with E-state index in [0.29, 0.717) is 12.1 Å². The van der Waals surface area contributed by atoms with E-state index in [-0.39, 0.29) is 28.1 Å². The van der Waals surface area contributed by atoms with Crippen LogP contribution >= 0.6 is 0 Å². The summed E-state index contributed by atoms with van der Waals surface area (Å²) in [5.74, 6) is -2.13. The number of halogens is 5. The Hall–Kier alpha value is -2.75. The van der Waals surface area contributed by atoms with Crippen LogP contribution in [0.3, 0.4) is 0 Å². The first-order valence-corrected chi connectivity index (χ1v) is 9.62. The third kappa shape index (κ3) is 3.64. The summed E-state index contributed by atoms with van der Waals surface area (Å²) in [6.07, 6.45) is -3.79. The van der Waals surface area contributed by atoms with Crippen LogP contribution in [0.1, 0.15) is 11.3 Å². The number of hydrogen-bond donors (Lipinski definition) is 0. The van der Waals surface area contributed by atoms with Crippen molar-refractivity contribution in [2.24, 2.45) is 0 Å². The van der Waals surface area contributed by atoms with Crippen LogP contribution in [0.15, 0.2) is 45.8 Å². The van der Waals surface area contributed by atoms with Crippen molar-refractivity contribution >= 4 is 9.84 Å². The fraction of sp³-hybridized carbons (Fsp3) is 0.167. The highest BCUT2D eigenvalue weighted by atomic mass is 32.2. The number of rotatable bonds is 3. The number of hydrogen-bond acceptors (Lipinski definition) is 4. The second-order valence-corrected chi connectivity index (χ2v) is 8.06. The smallest absolute Gasteiger partial charge is 0.360 e. The third-order valence-electron chi connectivity index (χ3n) is 4.04. The Labute approximate surface area is 156 Å². The molecule has 3 rings (SSSR count).